The summed E-state index contributed by atoms with van der Waals surface area (Å²) in [5.74, 6) is -0.198. The molecule has 7 heteroatoms. The van der Waals surface area contributed by atoms with E-state index in [1.165, 1.54) is 15.3 Å². The van der Waals surface area contributed by atoms with Gasteiger partial charge in [0.15, 0.2) is 0 Å². The van der Waals surface area contributed by atoms with Gasteiger partial charge in [-0.15, -0.1) is 11.3 Å². The van der Waals surface area contributed by atoms with E-state index in [0.717, 1.165) is 29.5 Å². The second kappa shape index (κ2) is 6.23. The van der Waals surface area contributed by atoms with Crippen LogP contribution >= 0.6 is 27.3 Å². The maximum Gasteiger partial charge on any atom is 0.326 e. The fourth-order valence-corrected chi connectivity index (χ4v) is 4.59. The third-order valence-electron chi connectivity index (χ3n) is 4.92. The highest BCUT2D eigenvalue weighted by molar-refractivity contribution is 9.10. The average molecular weight is 420 g/mol. The summed E-state index contributed by atoms with van der Waals surface area (Å²) >= 11 is 5.18. The first-order chi connectivity index (χ1) is 12.0. The Morgan fingerprint density at radius 1 is 1.24 bits per heavy atom. The second-order valence-corrected chi connectivity index (χ2v) is 8.52. The number of benzene rings is 1. The molecule has 130 valence electrons. The van der Waals surface area contributed by atoms with Crippen molar-refractivity contribution < 1.29 is 9.59 Å². The molecular formula is C18H18BrN3O2S. The van der Waals surface area contributed by atoms with Crippen LogP contribution in [0.1, 0.15) is 22.9 Å². The number of amides is 3. The van der Waals surface area contributed by atoms with Crippen LogP contribution in [0.25, 0.3) is 0 Å². The van der Waals surface area contributed by atoms with Gasteiger partial charge in [0.25, 0.3) is 5.91 Å². The van der Waals surface area contributed by atoms with Crippen molar-refractivity contribution in [3.8, 4) is 0 Å². The lowest BCUT2D eigenvalue weighted by molar-refractivity contribution is -0.132. The SMILES string of the molecule is CC1(c2ccc(Br)cc2)NC(=O)N(CN2CCc3sccc3C2)C1=O. The largest absolute Gasteiger partial charge is 0.326 e. The van der Waals surface area contributed by atoms with Crippen LogP contribution < -0.4 is 5.32 Å². The van der Waals surface area contributed by atoms with Crippen LogP contribution in [-0.4, -0.2) is 35.0 Å². The highest BCUT2D eigenvalue weighted by atomic mass is 79.9. The van der Waals surface area contributed by atoms with Crippen LogP contribution in [0.2, 0.25) is 0 Å². The van der Waals surface area contributed by atoms with Gasteiger partial charge in [-0.2, -0.15) is 0 Å². The lowest BCUT2D eigenvalue weighted by Crippen LogP contribution is -2.45. The van der Waals surface area contributed by atoms with Gasteiger partial charge in [0, 0.05) is 22.4 Å². The Labute approximate surface area is 158 Å². The fourth-order valence-electron chi connectivity index (χ4n) is 3.43. The van der Waals surface area contributed by atoms with E-state index in [1.54, 1.807) is 18.3 Å². The minimum atomic E-state index is -1.01. The molecule has 0 bridgehead atoms. The van der Waals surface area contributed by atoms with Crippen molar-refractivity contribution in [3.05, 3.63) is 56.2 Å². The number of fused-ring (bicyclic) bond motifs is 1. The first-order valence-electron chi connectivity index (χ1n) is 8.15. The number of hydrogen-bond acceptors (Lipinski definition) is 4. The van der Waals surface area contributed by atoms with Crippen molar-refractivity contribution in [2.45, 2.75) is 25.4 Å². The fraction of sp³-hybridized carbons (Fsp3) is 0.333. The van der Waals surface area contributed by atoms with Crippen molar-refractivity contribution >= 4 is 39.2 Å². The van der Waals surface area contributed by atoms with Crippen LogP contribution in [0, 0.1) is 0 Å². The predicted molar refractivity (Wildman–Crippen MR) is 100 cm³/mol. The van der Waals surface area contributed by atoms with Gasteiger partial charge in [0.2, 0.25) is 0 Å². The Morgan fingerprint density at radius 2 is 2.00 bits per heavy atom. The van der Waals surface area contributed by atoms with Gasteiger partial charge in [-0.1, -0.05) is 28.1 Å². The minimum Gasteiger partial charge on any atom is -0.319 e. The molecule has 1 N–H and O–H groups in total. The summed E-state index contributed by atoms with van der Waals surface area (Å²) < 4.78 is 0.938. The van der Waals surface area contributed by atoms with Crippen molar-refractivity contribution in [2.75, 3.05) is 13.2 Å². The Hall–Kier alpha value is -1.70. The lowest BCUT2D eigenvalue weighted by atomic mass is 9.92. The standard InChI is InChI=1S/C18H18BrN3O2S/c1-18(13-2-4-14(19)5-3-13)16(23)22(17(24)20-18)11-21-8-6-15-12(10-21)7-9-25-15/h2-5,7,9H,6,8,10-11H2,1H3,(H,20,24). The molecule has 2 aliphatic rings. The van der Waals surface area contributed by atoms with E-state index in [-0.39, 0.29) is 11.9 Å². The topological polar surface area (TPSA) is 52.7 Å². The van der Waals surface area contributed by atoms with E-state index in [4.69, 9.17) is 0 Å². The van der Waals surface area contributed by atoms with E-state index < -0.39 is 5.54 Å². The Balaban J connectivity index is 1.53. The molecule has 2 aliphatic heterocycles. The molecule has 3 amide bonds. The van der Waals surface area contributed by atoms with Gasteiger partial charge in [0.05, 0.1) is 6.67 Å². The van der Waals surface area contributed by atoms with Gasteiger partial charge in [-0.25, -0.2) is 9.69 Å². The van der Waals surface area contributed by atoms with Crippen LogP contribution in [0.5, 0.6) is 0 Å². The summed E-state index contributed by atoms with van der Waals surface area (Å²) in [4.78, 5) is 30.4. The molecule has 3 heterocycles. The van der Waals surface area contributed by atoms with Crippen LogP contribution in [-0.2, 0) is 23.3 Å². The monoisotopic (exact) mass is 419 g/mol. The normalized spacial score (nSPS) is 23.7. The van der Waals surface area contributed by atoms with E-state index in [9.17, 15) is 9.59 Å². The average Bonchev–Trinajstić information content (AvgIpc) is 3.14. The van der Waals surface area contributed by atoms with Crippen LogP contribution in [0.4, 0.5) is 4.79 Å². The highest BCUT2D eigenvalue weighted by Gasteiger charge is 2.49. The first-order valence-corrected chi connectivity index (χ1v) is 9.82. The van der Waals surface area contributed by atoms with Crippen LogP contribution in [0.15, 0.2) is 40.2 Å². The number of thiophene rings is 1. The molecule has 1 unspecified atom stereocenters. The van der Waals surface area contributed by atoms with Crippen molar-refractivity contribution in [3.63, 3.8) is 0 Å². The molecule has 2 aromatic rings. The smallest absolute Gasteiger partial charge is 0.319 e. The molecular weight excluding hydrogens is 402 g/mol. The second-order valence-electron chi connectivity index (χ2n) is 6.61. The predicted octanol–water partition coefficient (Wildman–Crippen LogP) is 3.29. The lowest BCUT2D eigenvalue weighted by Gasteiger charge is -2.30. The molecule has 25 heavy (non-hydrogen) atoms. The first kappa shape index (κ1) is 16.8. The zero-order chi connectivity index (χ0) is 17.6. The zero-order valence-electron chi connectivity index (χ0n) is 13.8. The summed E-state index contributed by atoms with van der Waals surface area (Å²) in [7, 11) is 0. The summed E-state index contributed by atoms with van der Waals surface area (Å²) in [5, 5.41) is 4.97. The van der Waals surface area contributed by atoms with Crippen LogP contribution in [0.3, 0.4) is 0 Å². The Morgan fingerprint density at radius 3 is 2.76 bits per heavy atom. The number of hydrogen-bond donors (Lipinski definition) is 1. The van der Waals surface area contributed by atoms with Gasteiger partial charge >= 0.3 is 6.03 Å². The number of imide groups is 1. The van der Waals surface area contributed by atoms with Gasteiger partial charge in [-0.05, 0) is 48.1 Å². The minimum absolute atomic E-state index is 0.198. The Kier molecular flexibility index (Phi) is 4.17. The molecule has 1 aromatic carbocycles. The number of carbonyl (C=O) groups excluding carboxylic acids is 2. The number of rotatable bonds is 3. The molecule has 1 atom stereocenters. The van der Waals surface area contributed by atoms with Gasteiger partial charge in [-0.3, -0.25) is 9.69 Å². The highest BCUT2D eigenvalue weighted by Crippen LogP contribution is 2.31. The summed E-state index contributed by atoms with van der Waals surface area (Å²) in [6.07, 6.45) is 0.973. The number of urea groups is 1. The number of nitrogens with one attached hydrogen (secondary N) is 1. The van der Waals surface area contributed by atoms with Gasteiger partial charge < -0.3 is 5.32 Å². The summed E-state index contributed by atoms with van der Waals surface area (Å²) in [6.45, 7) is 3.74. The molecule has 0 aliphatic carbocycles. The molecule has 5 nitrogen and oxygen atoms in total. The molecule has 1 saturated heterocycles. The molecule has 0 radical (unpaired) electrons. The van der Waals surface area contributed by atoms with E-state index >= 15 is 0 Å². The molecule has 1 fully saturated rings. The van der Waals surface area contributed by atoms with Crippen molar-refractivity contribution in [1.82, 2.24) is 15.1 Å². The molecule has 0 saturated carbocycles. The van der Waals surface area contributed by atoms with E-state index in [0.29, 0.717) is 6.67 Å². The number of carbonyl (C=O) groups is 2. The van der Waals surface area contributed by atoms with Gasteiger partial charge in [0.1, 0.15) is 5.54 Å². The summed E-state index contributed by atoms with van der Waals surface area (Å²) in [5.41, 5.74) is 1.08. The maximum absolute atomic E-state index is 13.0. The zero-order valence-corrected chi connectivity index (χ0v) is 16.2. The third-order valence-corrected chi connectivity index (χ3v) is 6.48. The third kappa shape index (κ3) is 2.90. The van der Waals surface area contributed by atoms with Crippen molar-refractivity contribution in [1.29, 1.82) is 0 Å². The number of nitrogens with zero attached hydrogens (tertiary/aromatic N) is 2. The number of halogens is 1. The molecule has 4 rings (SSSR count). The van der Waals surface area contributed by atoms with Crippen molar-refractivity contribution in [2.24, 2.45) is 0 Å². The quantitative estimate of drug-likeness (QED) is 0.776. The maximum atomic E-state index is 13.0. The van der Waals surface area contributed by atoms with E-state index in [2.05, 4.69) is 37.6 Å². The molecule has 0 spiro atoms. The Bertz CT molecular complexity index is 835. The summed E-state index contributed by atoms with van der Waals surface area (Å²) in [6, 6.07) is 9.29. The molecule has 1 aromatic heterocycles. The van der Waals surface area contributed by atoms with E-state index in [1.807, 2.05) is 24.3 Å².